The first-order chi connectivity index (χ1) is 14.7. The molecule has 0 fully saturated rings. The van der Waals surface area contributed by atoms with Crippen molar-refractivity contribution in [1.29, 1.82) is 0 Å². The average Bonchev–Trinajstić information content (AvgIpc) is 3.28. The smallest absolute Gasteiger partial charge is 0.414 e. The lowest BCUT2D eigenvalue weighted by Gasteiger charge is -2.24. The maximum Gasteiger partial charge on any atom is 0.414 e. The van der Waals surface area contributed by atoms with Crippen LogP contribution in [0.15, 0.2) is 24.7 Å². The Labute approximate surface area is 179 Å². The lowest BCUT2D eigenvalue weighted by Crippen LogP contribution is -2.35. The van der Waals surface area contributed by atoms with Crippen molar-refractivity contribution in [2.45, 2.75) is 39.3 Å². The summed E-state index contributed by atoms with van der Waals surface area (Å²) in [4.78, 5) is 22.5. The van der Waals surface area contributed by atoms with Gasteiger partial charge < -0.3 is 19.8 Å². The molecule has 0 radical (unpaired) electrons. The Balaban J connectivity index is 1.78. The van der Waals surface area contributed by atoms with Crippen LogP contribution in [-0.2, 0) is 22.4 Å². The third-order valence-electron chi connectivity index (χ3n) is 5.22. The number of nitrogens with zero attached hydrogens (tertiary/aromatic N) is 4. The Bertz CT molecular complexity index is 1150. The van der Waals surface area contributed by atoms with E-state index in [-0.39, 0.29) is 11.6 Å². The summed E-state index contributed by atoms with van der Waals surface area (Å²) in [5.41, 5.74) is 8.15. The van der Waals surface area contributed by atoms with Crippen LogP contribution in [0.3, 0.4) is 0 Å². The molecule has 1 aromatic carbocycles. The number of hydrogen-bond donors (Lipinski definition) is 1. The number of carbonyl (C=O) groups is 1. The number of halogens is 1. The molecule has 0 aliphatic carbocycles. The molecule has 1 amide bonds. The van der Waals surface area contributed by atoms with E-state index in [4.69, 9.17) is 15.2 Å². The van der Waals surface area contributed by atoms with Gasteiger partial charge in [0.25, 0.3) is 0 Å². The van der Waals surface area contributed by atoms with Gasteiger partial charge in [0, 0.05) is 43.1 Å². The van der Waals surface area contributed by atoms with Gasteiger partial charge in [0.1, 0.15) is 29.2 Å². The first-order valence-corrected chi connectivity index (χ1v) is 10.1. The number of carbonyl (C=O) groups excluding carboxylic acids is 1. The molecule has 0 spiro atoms. The number of methoxy groups -OCH3 is 1. The summed E-state index contributed by atoms with van der Waals surface area (Å²) in [6.45, 7) is 6.80. The van der Waals surface area contributed by atoms with E-state index in [0.29, 0.717) is 59.5 Å². The van der Waals surface area contributed by atoms with E-state index in [1.807, 2.05) is 10.8 Å². The van der Waals surface area contributed by atoms with E-state index in [1.165, 1.54) is 11.2 Å². The van der Waals surface area contributed by atoms with Gasteiger partial charge in [-0.05, 0) is 39.3 Å². The normalized spacial score (nSPS) is 13.6. The van der Waals surface area contributed by atoms with Gasteiger partial charge in [0.15, 0.2) is 0 Å². The Morgan fingerprint density at radius 3 is 2.74 bits per heavy atom. The summed E-state index contributed by atoms with van der Waals surface area (Å²) in [5.74, 6) is -0.0935. The van der Waals surface area contributed by atoms with Gasteiger partial charge in [-0.25, -0.2) is 19.2 Å². The SMILES string of the molecule is COCCn1cc(-c2ccc3c(c2F)CCN3C(=O)OC(C)(C)C)c2c(N)ncnc21. The minimum absolute atomic E-state index is 0.284. The minimum Gasteiger partial charge on any atom is -0.443 e. The Morgan fingerprint density at radius 2 is 2.03 bits per heavy atom. The quantitative estimate of drug-likeness (QED) is 0.681. The number of nitrogens with two attached hydrogens (primary N) is 1. The molecule has 0 bridgehead atoms. The fourth-order valence-electron chi connectivity index (χ4n) is 3.87. The van der Waals surface area contributed by atoms with Crippen molar-refractivity contribution in [2.24, 2.45) is 0 Å². The van der Waals surface area contributed by atoms with Crippen LogP contribution < -0.4 is 10.6 Å². The van der Waals surface area contributed by atoms with Gasteiger partial charge in [-0.1, -0.05) is 0 Å². The standard InChI is InChI=1S/C22H26FN5O3/c1-22(2,3)31-21(29)28-8-7-14-16(28)6-5-13(18(14)23)15-11-27(9-10-30-4)20-17(15)19(24)25-12-26-20/h5-6,11-12H,7-10H2,1-4H3,(H2,24,25,26). The van der Waals surface area contributed by atoms with Crippen LogP contribution >= 0.6 is 0 Å². The number of hydrogen-bond acceptors (Lipinski definition) is 6. The zero-order chi connectivity index (χ0) is 22.3. The van der Waals surface area contributed by atoms with Crippen LogP contribution in [0.5, 0.6) is 0 Å². The van der Waals surface area contributed by atoms with Gasteiger partial charge in [0.2, 0.25) is 0 Å². The molecule has 164 valence electrons. The topological polar surface area (TPSA) is 95.5 Å². The molecule has 4 rings (SSSR count). The van der Waals surface area contributed by atoms with E-state index in [2.05, 4.69) is 9.97 Å². The lowest BCUT2D eigenvalue weighted by atomic mass is 10.0. The molecule has 8 nitrogen and oxygen atoms in total. The van der Waals surface area contributed by atoms with Gasteiger partial charge in [-0.2, -0.15) is 0 Å². The third-order valence-corrected chi connectivity index (χ3v) is 5.22. The molecular formula is C22H26FN5O3. The Kier molecular flexibility index (Phi) is 5.30. The first kappa shape index (κ1) is 21.0. The van der Waals surface area contributed by atoms with Crippen LogP contribution in [-0.4, -0.2) is 46.5 Å². The van der Waals surface area contributed by atoms with Gasteiger partial charge >= 0.3 is 6.09 Å². The maximum absolute atomic E-state index is 15.7. The molecule has 3 heterocycles. The summed E-state index contributed by atoms with van der Waals surface area (Å²) in [5, 5.41) is 0.597. The maximum atomic E-state index is 15.7. The van der Waals surface area contributed by atoms with Crippen LogP contribution in [0.2, 0.25) is 0 Å². The summed E-state index contributed by atoms with van der Waals surface area (Å²) in [6, 6.07) is 3.42. The molecule has 0 unspecified atom stereocenters. The van der Waals surface area contributed by atoms with Crippen molar-refractivity contribution >= 4 is 28.6 Å². The average molecular weight is 427 g/mol. The third kappa shape index (κ3) is 3.81. The predicted octanol–water partition coefficient (Wildman–Crippen LogP) is 3.76. The van der Waals surface area contributed by atoms with E-state index in [1.54, 1.807) is 40.0 Å². The van der Waals surface area contributed by atoms with Crippen molar-refractivity contribution in [3.8, 4) is 11.1 Å². The second-order valence-corrected chi connectivity index (χ2v) is 8.49. The summed E-state index contributed by atoms with van der Waals surface area (Å²) < 4.78 is 28.2. The first-order valence-electron chi connectivity index (χ1n) is 10.1. The summed E-state index contributed by atoms with van der Waals surface area (Å²) >= 11 is 0. The van der Waals surface area contributed by atoms with Crippen molar-refractivity contribution in [3.05, 3.63) is 36.0 Å². The van der Waals surface area contributed by atoms with E-state index >= 15 is 4.39 Å². The zero-order valence-electron chi connectivity index (χ0n) is 18.1. The highest BCUT2D eigenvalue weighted by Gasteiger charge is 2.32. The molecule has 0 saturated carbocycles. The van der Waals surface area contributed by atoms with Crippen molar-refractivity contribution in [2.75, 3.05) is 30.9 Å². The van der Waals surface area contributed by atoms with Crippen LogP contribution in [0.25, 0.3) is 22.2 Å². The van der Waals surface area contributed by atoms with Crippen molar-refractivity contribution in [3.63, 3.8) is 0 Å². The van der Waals surface area contributed by atoms with Crippen molar-refractivity contribution < 1.29 is 18.7 Å². The number of rotatable bonds is 4. The van der Waals surface area contributed by atoms with E-state index < -0.39 is 11.7 Å². The Morgan fingerprint density at radius 1 is 1.26 bits per heavy atom. The van der Waals surface area contributed by atoms with E-state index in [0.717, 1.165) is 0 Å². The second-order valence-electron chi connectivity index (χ2n) is 8.49. The highest BCUT2D eigenvalue weighted by molar-refractivity contribution is 6.01. The number of nitrogen functional groups attached to an aromatic ring is 1. The second kappa shape index (κ2) is 7.81. The molecule has 2 N–H and O–H groups in total. The number of anilines is 2. The zero-order valence-corrected chi connectivity index (χ0v) is 18.1. The largest absolute Gasteiger partial charge is 0.443 e. The van der Waals surface area contributed by atoms with Gasteiger partial charge in [-0.15, -0.1) is 0 Å². The van der Waals surface area contributed by atoms with Crippen LogP contribution in [0, 0.1) is 5.82 Å². The predicted molar refractivity (Wildman–Crippen MR) is 116 cm³/mol. The van der Waals surface area contributed by atoms with Crippen molar-refractivity contribution in [1.82, 2.24) is 14.5 Å². The van der Waals surface area contributed by atoms with E-state index in [9.17, 15) is 4.79 Å². The number of benzene rings is 1. The molecule has 31 heavy (non-hydrogen) atoms. The van der Waals surface area contributed by atoms with Crippen LogP contribution in [0.1, 0.15) is 26.3 Å². The molecule has 1 aliphatic heterocycles. The molecule has 2 aromatic heterocycles. The molecular weight excluding hydrogens is 401 g/mol. The monoisotopic (exact) mass is 427 g/mol. The minimum atomic E-state index is -0.625. The van der Waals surface area contributed by atoms with Crippen LogP contribution in [0.4, 0.5) is 20.7 Å². The number of aromatic nitrogens is 3. The summed E-state index contributed by atoms with van der Waals surface area (Å²) in [7, 11) is 1.62. The number of amides is 1. The molecule has 0 atom stereocenters. The Hall–Kier alpha value is -3.20. The highest BCUT2D eigenvalue weighted by Crippen LogP contribution is 2.40. The lowest BCUT2D eigenvalue weighted by molar-refractivity contribution is 0.0584. The molecule has 3 aromatic rings. The highest BCUT2D eigenvalue weighted by atomic mass is 19.1. The molecule has 0 saturated heterocycles. The number of fused-ring (bicyclic) bond motifs is 2. The molecule has 1 aliphatic rings. The van der Waals surface area contributed by atoms with Gasteiger partial charge in [-0.3, -0.25) is 4.90 Å². The number of ether oxygens (including phenoxy) is 2. The summed E-state index contributed by atoms with van der Waals surface area (Å²) in [6.07, 6.45) is 3.14. The fourth-order valence-corrected chi connectivity index (χ4v) is 3.87. The van der Waals surface area contributed by atoms with Gasteiger partial charge in [0.05, 0.1) is 17.7 Å². The molecule has 9 heteroatoms. The fraction of sp³-hybridized carbons (Fsp3) is 0.409.